The monoisotopic (exact) mass is 319 g/mol. The number of esters is 1. The van der Waals surface area contributed by atoms with Crippen molar-refractivity contribution in [3.8, 4) is 0 Å². The van der Waals surface area contributed by atoms with E-state index in [1.54, 1.807) is 44.2 Å². The summed E-state index contributed by atoms with van der Waals surface area (Å²) in [5, 5.41) is 0.579. The number of rotatable bonds is 5. The Hall–Kier alpha value is -2.07. The van der Waals surface area contributed by atoms with Crippen LogP contribution in [0.5, 0.6) is 0 Å². The van der Waals surface area contributed by atoms with Crippen LogP contribution in [0.25, 0.3) is 0 Å². The highest BCUT2D eigenvalue weighted by Crippen LogP contribution is 2.23. The Morgan fingerprint density at radius 3 is 2.50 bits per heavy atom. The molecule has 0 aliphatic rings. The first kappa shape index (κ1) is 16.3. The van der Waals surface area contributed by atoms with Crippen LogP contribution in [0.4, 0.5) is 0 Å². The van der Waals surface area contributed by atoms with Crippen molar-refractivity contribution in [3.05, 3.63) is 57.9 Å². The number of aryl methyl sites for hydroxylation is 1. The van der Waals surface area contributed by atoms with E-state index >= 15 is 0 Å². The number of aromatic nitrogens is 1. The van der Waals surface area contributed by atoms with E-state index < -0.39 is 5.92 Å². The van der Waals surface area contributed by atoms with Gasteiger partial charge in [0.1, 0.15) is 0 Å². The molecule has 116 valence electrons. The number of ether oxygens (including phenoxy) is 1. The molecule has 0 amide bonds. The molecular weight excluding hydrogens is 302 g/mol. The van der Waals surface area contributed by atoms with Crippen molar-refractivity contribution in [1.82, 2.24) is 4.98 Å². The molecule has 1 heterocycles. The van der Waals surface area contributed by atoms with E-state index in [0.29, 0.717) is 28.6 Å². The highest BCUT2D eigenvalue weighted by molar-refractivity contribution is 6.30. The van der Waals surface area contributed by atoms with Crippen molar-refractivity contribution < 1.29 is 14.3 Å². The minimum absolute atomic E-state index is 0.137. The van der Waals surface area contributed by atoms with E-state index in [-0.39, 0.29) is 11.8 Å². The van der Waals surface area contributed by atoms with E-state index in [4.69, 9.17) is 16.3 Å². The summed E-state index contributed by atoms with van der Waals surface area (Å²) < 4.78 is 5.02. The Kier molecular flexibility index (Phi) is 5.03. The number of nitrogens with one attached hydrogen (secondary N) is 1. The lowest BCUT2D eigenvalue weighted by atomic mass is 10.1. The molecule has 1 unspecified atom stereocenters. The standard InChI is InChI=1S/C17H18ClNO3/c1-4-22-17(21)11(3)15-10(2)9-14(19-15)16(20)12-5-7-13(18)8-6-12/h5-9,11,19H,4H2,1-3H3. The number of hydrogen-bond donors (Lipinski definition) is 1. The molecule has 0 saturated carbocycles. The molecule has 0 radical (unpaired) electrons. The molecule has 0 aliphatic carbocycles. The van der Waals surface area contributed by atoms with Gasteiger partial charge in [-0.1, -0.05) is 11.6 Å². The Bertz CT molecular complexity index is 688. The summed E-state index contributed by atoms with van der Waals surface area (Å²) in [6.07, 6.45) is 0. The van der Waals surface area contributed by atoms with E-state index in [0.717, 1.165) is 5.56 Å². The van der Waals surface area contributed by atoms with Crippen LogP contribution >= 0.6 is 11.6 Å². The molecule has 0 aliphatic heterocycles. The summed E-state index contributed by atoms with van der Waals surface area (Å²) in [5.74, 6) is -0.883. The van der Waals surface area contributed by atoms with Gasteiger partial charge in [0, 0.05) is 16.3 Å². The predicted octanol–water partition coefficient (Wildman–Crippen LogP) is 3.87. The smallest absolute Gasteiger partial charge is 0.314 e. The number of carbonyl (C=O) groups excluding carboxylic acids is 2. The molecule has 0 fully saturated rings. The SMILES string of the molecule is CCOC(=O)C(C)c1[nH]c(C(=O)c2ccc(Cl)cc2)cc1C. The van der Waals surface area contributed by atoms with Crippen LogP contribution in [-0.4, -0.2) is 23.3 Å². The average Bonchev–Trinajstić information content (AvgIpc) is 2.88. The number of H-pyrrole nitrogens is 1. The fourth-order valence-electron chi connectivity index (χ4n) is 2.29. The number of benzene rings is 1. The van der Waals surface area contributed by atoms with Gasteiger partial charge in [-0.25, -0.2) is 0 Å². The average molecular weight is 320 g/mol. The number of ketones is 1. The summed E-state index contributed by atoms with van der Waals surface area (Å²) in [7, 11) is 0. The van der Waals surface area contributed by atoms with Crippen molar-refractivity contribution in [2.24, 2.45) is 0 Å². The first-order valence-corrected chi connectivity index (χ1v) is 7.48. The zero-order valence-electron chi connectivity index (χ0n) is 12.8. The number of aromatic amines is 1. The van der Waals surface area contributed by atoms with E-state index in [1.165, 1.54) is 0 Å². The third-order valence-corrected chi connectivity index (χ3v) is 3.73. The van der Waals surface area contributed by atoms with E-state index in [9.17, 15) is 9.59 Å². The highest BCUT2D eigenvalue weighted by Gasteiger charge is 2.22. The van der Waals surface area contributed by atoms with Crippen LogP contribution in [0, 0.1) is 6.92 Å². The van der Waals surface area contributed by atoms with Gasteiger partial charge in [-0.05, 0) is 56.7 Å². The number of halogens is 1. The molecule has 2 rings (SSSR count). The molecule has 0 spiro atoms. The third-order valence-electron chi connectivity index (χ3n) is 3.48. The maximum atomic E-state index is 12.5. The van der Waals surface area contributed by atoms with Gasteiger partial charge < -0.3 is 9.72 Å². The molecular formula is C17H18ClNO3. The quantitative estimate of drug-likeness (QED) is 0.672. The minimum atomic E-state index is -0.438. The Morgan fingerprint density at radius 2 is 1.91 bits per heavy atom. The summed E-state index contributed by atoms with van der Waals surface area (Å²) in [6.45, 7) is 5.72. The van der Waals surface area contributed by atoms with Crippen LogP contribution < -0.4 is 0 Å². The van der Waals surface area contributed by atoms with Crippen molar-refractivity contribution in [2.45, 2.75) is 26.7 Å². The lowest BCUT2D eigenvalue weighted by molar-refractivity contribution is -0.144. The fraction of sp³-hybridized carbons (Fsp3) is 0.294. The maximum absolute atomic E-state index is 12.5. The zero-order chi connectivity index (χ0) is 16.3. The number of hydrogen-bond acceptors (Lipinski definition) is 3. The first-order chi connectivity index (χ1) is 10.4. The van der Waals surface area contributed by atoms with Gasteiger partial charge in [0.15, 0.2) is 0 Å². The van der Waals surface area contributed by atoms with Crippen molar-refractivity contribution in [3.63, 3.8) is 0 Å². The summed E-state index contributed by atoms with van der Waals surface area (Å²) in [5.41, 5.74) is 2.56. The van der Waals surface area contributed by atoms with E-state index in [1.807, 2.05) is 6.92 Å². The molecule has 1 aromatic heterocycles. The summed E-state index contributed by atoms with van der Waals surface area (Å²) >= 11 is 5.83. The van der Waals surface area contributed by atoms with Crippen LogP contribution in [0.3, 0.4) is 0 Å². The Balaban J connectivity index is 2.27. The molecule has 0 saturated heterocycles. The zero-order valence-corrected chi connectivity index (χ0v) is 13.5. The number of carbonyl (C=O) groups is 2. The molecule has 1 N–H and O–H groups in total. The summed E-state index contributed by atoms with van der Waals surface area (Å²) in [4.78, 5) is 27.3. The van der Waals surface area contributed by atoms with Gasteiger partial charge in [-0.2, -0.15) is 0 Å². The molecule has 2 aromatic rings. The summed E-state index contributed by atoms with van der Waals surface area (Å²) in [6, 6.07) is 8.45. The Morgan fingerprint density at radius 1 is 1.27 bits per heavy atom. The van der Waals surface area contributed by atoms with Gasteiger partial charge in [-0.15, -0.1) is 0 Å². The predicted molar refractivity (Wildman–Crippen MR) is 85.5 cm³/mol. The molecule has 1 aromatic carbocycles. The maximum Gasteiger partial charge on any atom is 0.314 e. The van der Waals surface area contributed by atoms with Crippen molar-refractivity contribution >= 4 is 23.4 Å². The third kappa shape index (κ3) is 3.39. The second-order valence-corrected chi connectivity index (χ2v) is 5.53. The largest absolute Gasteiger partial charge is 0.465 e. The Labute approximate surface area is 134 Å². The topological polar surface area (TPSA) is 59.2 Å². The van der Waals surface area contributed by atoms with Crippen LogP contribution in [-0.2, 0) is 9.53 Å². The molecule has 1 atom stereocenters. The normalized spacial score (nSPS) is 12.0. The molecule has 5 heteroatoms. The molecule has 4 nitrogen and oxygen atoms in total. The van der Waals surface area contributed by atoms with Gasteiger partial charge in [0.2, 0.25) is 5.78 Å². The van der Waals surface area contributed by atoms with Gasteiger partial charge in [-0.3, -0.25) is 9.59 Å². The van der Waals surface area contributed by atoms with Gasteiger partial charge >= 0.3 is 5.97 Å². The minimum Gasteiger partial charge on any atom is -0.465 e. The first-order valence-electron chi connectivity index (χ1n) is 7.10. The van der Waals surface area contributed by atoms with Gasteiger partial charge in [0.05, 0.1) is 18.2 Å². The molecule has 0 bridgehead atoms. The second-order valence-electron chi connectivity index (χ2n) is 5.09. The molecule has 22 heavy (non-hydrogen) atoms. The van der Waals surface area contributed by atoms with Gasteiger partial charge in [0.25, 0.3) is 0 Å². The van der Waals surface area contributed by atoms with Crippen LogP contribution in [0.15, 0.2) is 30.3 Å². The highest BCUT2D eigenvalue weighted by atomic mass is 35.5. The fourth-order valence-corrected chi connectivity index (χ4v) is 2.41. The second kappa shape index (κ2) is 6.79. The lowest BCUT2D eigenvalue weighted by Crippen LogP contribution is -2.14. The van der Waals surface area contributed by atoms with E-state index in [2.05, 4.69) is 4.98 Å². The van der Waals surface area contributed by atoms with Crippen molar-refractivity contribution in [2.75, 3.05) is 6.61 Å². The lowest BCUT2D eigenvalue weighted by Gasteiger charge is -2.10. The van der Waals surface area contributed by atoms with Crippen molar-refractivity contribution in [1.29, 1.82) is 0 Å². The van der Waals surface area contributed by atoms with Crippen LogP contribution in [0.2, 0.25) is 5.02 Å². The van der Waals surface area contributed by atoms with Crippen LogP contribution in [0.1, 0.15) is 47.1 Å².